The Morgan fingerprint density at radius 2 is 2.08 bits per heavy atom. The number of nitro groups is 1. The highest BCUT2D eigenvalue weighted by atomic mass is 35.5. The molecule has 1 aliphatic heterocycles. The van der Waals surface area contributed by atoms with Crippen molar-refractivity contribution < 1.29 is 14.5 Å². The van der Waals surface area contributed by atoms with Gasteiger partial charge in [-0.15, -0.1) is 0 Å². The summed E-state index contributed by atoms with van der Waals surface area (Å²) >= 11 is 6.28. The molecular weight excluding hydrogens is 346 g/mol. The Balaban J connectivity index is 2.08. The normalized spacial score (nSPS) is 16.3. The van der Waals surface area contributed by atoms with Gasteiger partial charge in [0, 0.05) is 42.1 Å². The number of nitrogens with zero attached hydrogens (tertiary/aromatic N) is 2. The first-order valence-corrected chi connectivity index (χ1v) is 8.00. The van der Waals surface area contributed by atoms with Crippen molar-refractivity contribution >= 4 is 28.9 Å². The van der Waals surface area contributed by atoms with Crippen molar-refractivity contribution in [2.45, 2.75) is 6.17 Å². The molecule has 1 aliphatic rings. The van der Waals surface area contributed by atoms with Crippen LogP contribution in [0, 0.1) is 10.1 Å². The molecule has 2 aromatic carbocycles. The molecule has 8 heteroatoms. The molecule has 0 saturated carbocycles. The quantitative estimate of drug-likeness (QED) is 0.651. The third-order valence-corrected chi connectivity index (χ3v) is 4.39. The van der Waals surface area contributed by atoms with Crippen LogP contribution in [0.25, 0.3) is 0 Å². The average Bonchev–Trinajstić information content (AvgIpc) is 2.61. The molecule has 1 N–H and O–H groups in total. The number of ether oxygens (including phenoxy) is 1. The molecule has 3 rings (SSSR count). The van der Waals surface area contributed by atoms with Crippen LogP contribution in [0.3, 0.4) is 0 Å². The molecule has 1 unspecified atom stereocenters. The van der Waals surface area contributed by atoms with Gasteiger partial charge in [0.05, 0.1) is 17.1 Å². The van der Waals surface area contributed by atoms with Crippen LogP contribution >= 0.6 is 11.6 Å². The number of hydrogen-bond donors (Lipinski definition) is 1. The first-order valence-electron chi connectivity index (χ1n) is 7.62. The lowest BCUT2D eigenvalue weighted by molar-refractivity contribution is -0.384. The maximum Gasteiger partial charge on any atom is 0.269 e. The van der Waals surface area contributed by atoms with Crippen LogP contribution in [0.15, 0.2) is 42.5 Å². The molecule has 1 atom stereocenters. The van der Waals surface area contributed by atoms with Crippen molar-refractivity contribution in [2.75, 3.05) is 25.6 Å². The van der Waals surface area contributed by atoms with E-state index >= 15 is 0 Å². The van der Waals surface area contributed by atoms with E-state index in [1.807, 2.05) is 6.07 Å². The van der Waals surface area contributed by atoms with Crippen LogP contribution < -0.4 is 5.32 Å². The van der Waals surface area contributed by atoms with Crippen LogP contribution in [-0.2, 0) is 4.74 Å². The summed E-state index contributed by atoms with van der Waals surface area (Å²) in [4.78, 5) is 25.1. The number of hydrogen-bond acceptors (Lipinski definition) is 5. The summed E-state index contributed by atoms with van der Waals surface area (Å²) in [6.07, 6.45) is -0.620. The topological polar surface area (TPSA) is 84.7 Å². The van der Waals surface area contributed by atoms with E-state index in [4.69, 9.17) is 16.3 Å². The van der Waals surface area contributed by atoms with E-state index in [9.17, 15) is 14.9 Å². The molecule has 25 heavy (non-hydrogen) atoms. The summed E-state index contributed by atoms with van der Waals surface area (Å²) in [6, 6.07) is 11.3. The minimum atomic E-state index is -0.620. The molecule has 0 saturated heterocycles. The van der Waals surface area contributed by atoms with Crippen molar-refractivity contribution in [3.8, 4) is 0 Å². The van der Waals surface area contributed by atoms with Gasteiger partial charge >= 0.3 is 0 Å². The maximum atomic E-state index is 12.9. The van der Waals surface area contributed by atoms with Gasteiger partial charge in [0.25, 0.3) is 11.6 Å². The second-order valence-electron chi connectivity index (χ2n) is 5.55. The number of non-ortho nitro benzene ring substituents is 1. The predicted molar refractivity (Wildman–Crippen MR) is 93.8 cm³/mol. The number of methoxy groups -OCH3 is 1. The van der Waals surface area contributed by atoms with Crippen LogP contribution in [0.2, 0.25) is 5.02 Å². The van der Waals surface area contributed by atoms with Gasteiger partial charge in [-0.1, -0.05) is 23.7 Å². The van der Waals surface area contributed by atoms with E-state index in [1.165, 1.54) is 18.2 Å². The zero-order valence-corrected chi connectivity index (χ0v) is 14.2. The highest BCUT2D eigenvalue weighted by Crippen LogP contribution is 2.37. The van der Waals surface area contributed by atoms with Gasteiger partial charge in [-0.3, -0.25) is 14.9 Å². The number of nitro benzene ring substituents is 1. The van der Waals surface area contributed by atoms with E-state index in [-0.39, 0.29) is 11.6 Å². The third-order valence-electron chi connectivity index (χ3n) is 4.04. The number of nitrogens with one attached hydrogen (secondary N) is 1. The van der Waals surface area contributed by atoms with Crippen molar-refractivity contribution in [3.05, 3.63) is 68.7 Å². The summed E-state index contributed by atoms with van der Waals surface area (Å²) < 4.78 is 5.09. The minimum Gasteiger partial charge on any atom is -0.383 e. The lowest BCUT2D eigenvalue weighted by Gasteiger charge is -2.38. The molecule has 2 aromatic rings. The highest BCUT2D eigenvalue weighted by Gasteiger charge is 2.34. The molecule has 0 bridgehead atoms. The SMILES string of the molecule is COCCN1C(=O)c2ccccc2NC1c1cc([N+](=O)[O-])ccc1Cl. The smallest absolute Gasteiger partial charge is 0.269 e. The zero-order valence-electron chi connectivity index (χ0n) is 13.4. The Morgan fingerprint density at radius 3 is 2.80 bits per heavy atom. The summed E-state index contributed by atoms with van der Waals surface area (Å²) in [6.45, 7) is 0.652. The molecule has 0 spiro atoms. The second kappa shape index (κ2) is 7.08. The summed E-state index contributed by atoms with van der Waals surface area (Å²) in [5, 5.41) is 14.7. The third kappa shape index (κ3) is 3.29. The van der Waals surface area contributed by atoms with Gasteiger partial charge in [0.1, 0.15) is 6.17 Å². The lowest BCUT2D eigenvalue weighted by atomic mass is 10.0. The summed E-state index contributed by atoms with van der Waals surface area (Å²) in [7, 11) is 1.55. The molecule has 0 aliphatic carbocycles. The summed E-state index contributed by atoms with van der Waals surface area (Å²) in [5.74, 6) is -0.182. The van der Waals surface area contributed by atoms with E-state index in [2.05, 4.69) is 5.32 Å². The summed E-state index contributed by atoms with van der Waals surface area (Å²) in [5.41, 5.74) is 1.58. The largest absolute Gasteiger partial charge is 0.383 e. The number of para-hydroxylation sites is 1. The standard InChI is InChI=1S/C17H16ClN3O4/c1-25-9-8-20-16(13-10-11(21(23)24)6-7-14(13)18)19-15-5-3-2-4-12(15)17(20)22/h2-7,10,16,19H,8-9H2,1H3. The van der Waals surface area contributed by atoms with Crippen molar-refractivity contribution in [3.63, 3.8) is 0 Å². The lowest BCUT2D eigenvalue weighted by Crippen LogP contribution is -2.44. The Bertz CT molecular complexity index is 827. The van der Waals surface area contributed by atoms with Crippen molar-refractivity contribution in [2.24, 2.45) is 0 Å². The number of halogens is 1. The van der Waals surface area contributed by atoms with Crippen LogP contribution in [-0.4, -0.2) is 36.0 Å². The first-order chi connectivity index (χ1) is 12.0. The van der Waals surface area contributed by atoms with Gasteiger partial charge in [0.2, 0.25) is 0 Å². The van der Waals surface area contributed by atoms with E-state index in [0.29, 0.717) is 35.0 Å². The van der Waals surface area contributed by atoms with Gasteiger partial charge < -0.3 is 15.0 Å². The highest BCUT2D eigenvalue weighted by molar-refractivity contribution is 6.31. The van der Waals surface area contributed by atoms with Gasteiger partial charge in [0.15, 0.2) is 0 Å². The number of carbonyl (C=O) groups excluding carboxylic acids is 1. The van der Waals surface area contributed by atoms with Gasteiger partial charge in [-0.25, -0.2) is 0 Å². The van der Waals surface area contributed by atoms with E-state index in [1.54, 1.807) is 30.2 Å². The first kappa shape index (κ1) is 17.2. The maximum absolute atomic E-state index is 12.9. The molecular formula is C17H16ClN3O4. The molecule has 7 nitrogen and oxygen atoms in total. The fourth-order valence-corrected chi connectivity index (χ4v) is 3.03. The predicted octanol–water partition coefficient (Wildman–Crippen LogP) is 3.46. The second-order valence-corrected chi connectivity index (χ2v) is 5.95. The monoisotopic (exact) mass is 361 g/mol. The Kier molecular flexibility index (Phi) is 4.87. The Morgan fingerprint density at radius 1 is 1.32 bits per heavy atom. The Labute approximate surface area is 149 Å². The molecule has 1 heterocycles. The number of carbonyl (C=O) groups is 1. The number of fused-ring (bicyclic) bond motifs is 1. The minimum absolute atomic E-state index is 0.0841. The zero-order chi connectivity index (χ0) is 18.0. The molecule has 1 amide bonds. The number of anilines is 1. The van der Waals surface area contributed by atoms with Crippen LogP contribution in [0.4, 0.5) is 11.4 Å². The number of benzene rings is 2. The molecule has 0 aromatic heterocycles. The van der Waals surface area contributed by atoms with Crippen LogP contribution in [0.1, 0.15) is 22.1 Å². The molecule has 130 valence electrons. The van der Waals surface area contributed by atoms with E-state index < -0.39 is 11.1 Å². The average molecular weight is 362 g/mol. The van der Waals surface area contributed by atoms with Crippen molar-refractivity contribution in [1.82, 2.24) is 4.90 Å². The fraction of sp³-hybridized carbons (Fsp3) is 0.235. The van der Waals surface area contributed by atoms with E-state index in [0.717, 1.165) is 0 Å². The van der Waals surface area contributed by atoms with Gasteiger partial charge in [-0.05, 0) is 18.2 Å². The van der Waals surface area contributed by atoms with Gasteiger partial charge in [-0.2, -0.15) is 0 Å². The number of amides is 1. The fourth-order valence-electron chi connectivity index (χ4n) is 2.81. The van der Waals surface area contributed by atoms with Crippen molar-refractivity contribution in [1.29, 1.82) is 0 Å². The Hall–Kier alpha value is -2.64. The van der Waals surface area contributed by atoms with Crippen LogP contribution in [0.5, 0.6) is 0 Å². The number of rotatable bonds is 5. The molecule has 0 radical (unpaired) electrons. The molecule has 0 fully saturated rings.